The molecule has 0 aliphatic heterocycles. The maximum Gasteiger partial charge on any atom is 0.163 e. The number of nitrogen functional groups attached to an aromatic ring is 1. The van der Waals surface area contributed by atoms with Gasteiger partial charge in [0.1, 0.15) is 17.5 Å². The van der Waals surface area contributed by atoms with Gasteiger partial charge in [-0.15, -0.1) is 0 Å². The summed E-state index contributed by atoms with van der Waals surface area (Å²) in [7, 11) is 0. The Morgan fingerprint density at radius 1 is 1.32 bits per heavy atom. The molecule has 6 heteroatoms. The van der Waals surface area contributed by atoms with E-state index >= 15 is 0 Å². The molecule has 5 nitrogen and oxygen atoms in total. The molecule has 1 fully saturated rings. The molecule has 22 heavy (non-hydrogen) atoms. The summed E-state index contributed by atoms with van der Waals surface area (Å²) in [5.41, 5.74) is 8.74. The number of hydrogen-bond donors (Lipinski definition) is 2. The standard InChI is InChI=1S/C16H16FN5/c17-12-3-1-2-10(6-12)8-19-15-7-14(18)21-16-13(11-4-5-11)9-20-22(15)16/h1-3,6-7,9,11,19H,4-5,8H2,(H2,18,21). The summed E-state index contributed by atoms with van der Waals surface area (Å²) in [4.78, 5) is 4.40. The number of anilines is 2. The third kappa shape index (κ3) is 2.36. The lowest BCUT2D eigenvalue weighted by molar-refractivity contribution is 0.626. The van der Waals surface area contributed by atoms with Crippen LogP contribution in [0.5, 0.6) is 0 Å². The molecule has 0 amide bonds. The topological polar surface area (TPSA) is 68.2 Å². The molecule has 1 aromatic carbocycles. The van der Waals surface area contributed by atoms with Gasteiger partial charge < -0.3 is 11.1 Å². The van der Waals surface area contributed by atoms with Crippen LogP contribution in [-0.4, -0.2) is 14.6 Å². The summed E-state index contributed by atoms with van der Waals surface area (Å²) >= 11 is 0. The van der Waals surface area contributed by atoms with Gasteiger partial charge >= 0.3 is 0 Å². The number of rotatable bonds is 4. The molecule has 2 heterocycles. The average molecular weight is 297 g/mol. The number of nitrogens with one attached hydrogen (secondary N) is 1. The number of nitrogens with two attached hydrogens (primary N) is 1. The molecule has 0 unspecified atom stereocenters. The number of hydrogen-bond acceptors (Lipinski definition) is 4. The summed E-state index contributed by atoms with van der Waals surface area (Å²) in [5, 5.41) is 7.67. The molecule has 0 bridgehead atoms. The molecule has 1 aliphatic carbocycles. The Balaban J connectivity index is 1.66. The van der Waals surface area contributed by atoms with Crippen LogP contribution in [0.15, 0.2) is 36.5 Å². The van der Waals surface area contributed by atoms with E-state index in [1.807, 2.05) is 12.3 Å². The summed E-state index contributed by atoms with van der Waals surface area (Å²) in [6, 6.07) is 8.25. The number of benzene rings is 1. The van der Waals surface area contributed by atoms with E-state index in [9.17, 15) is 4.39 Å². The molecule has 0 saturated heterocycles. The van der Waals surface area contributed by atoms with Crippen molar-refractivity contribution >= 4 is 17.3 Å². The summed E-state index contributed by atoms with van der Waals surface area (Å²) in [5.74, 6) is 1.53. The fraction of sp³-hybridized carbons (Fsp3) is 0.250. The van der Waals surface area contributed by atoms with E-state index in [1.54, 1.807) is 16.6 Å². The number of aromatic nitrogens is 3. The minimum atomic E-state index is -0.242. The van der Waals surface area contributed by atoms with E-state index in [-0.39, 0.29) is 5.82 Å². The van der Waals surface area contributed by atoms with E-state index in [1.165, 1.54) is 25.0 Å². The van der Waals surface area contributed by atoms with Crippen molar-refractivity contribution in [3.63, 3.8) is 0 Å². The highest BCUT2D eigenvalue weighted by atomic mass is 19.1. The van der Waals surface area contributed by atoms with Gasteiger partial charge in [0.15, 0.2) is 5.65 Å². The molecular formula is C16H16FN5. The van der Waals surface area contributed by atoms with Gasteiger partial charge in [0.2, 0.25) is 0 Å². The highest BCUT2D eigenvalue weighted by Crippen LogP contribution is 2.41. The highest BCUT2D eigenvalue weighted by Gasteiger charge is 2.28. The smallest absolute Gasteiger partial charge is 0.163 e. The van der Waals surface area contributed by atoms with Gasteiger partial charge in [-0.1, -0.05) is 12.1 Å². The number of nitrogens with zero attached hydrogens (tertiary/aromatic N) is 3. The van der Waals surface area contributed by atoms with Crippen LogP contribution in [0.25, 0.3) is 5.65 Å². The second-order valence-electron chi connectivity index (χ2n) is 5.66. The van der Waals surface area contributed by atoms with E-state index in [4.69, 9.17) is 5.73 Å². The van der Waals surface area contributed by atoms with Gasteiger partial charge in [-0.05, 0) is 36.5 Å². The van der Waals surface area contributed by atoms with Gasteiger partial charge in [0.05, 0.1) is 6.20 Å². The Morgan fingerprint density at radius 2 is 2.18 bits per heavy atom. The van der Waals surface area contributed by atoms with Crippen molar-refractivity contribution in [1.29, 1.82) is 0 Å². The lowest BCUT2D eigenvalue weighted by Gasteiger charge is -2.09. The normalized spacial score (nSPS) is 14.4. The van der Waals surface area contributed by atoms with Gasteiger partial charge in [-0.3, -0.25) is 0 Å². The van der Waals surface area contributed by atoms with Crippen molar-refractivity contribution in [2.45, 2.75) is 25.3 Å². The molecule has 1 saturated carbocycles. The van der Waals surface area contributed by atoms with Crippen molar-refractivity contribution in [2.24, 2.45) is 0 Å². The zero-order valence-corrected chi connectivity index (χ0v) is 12.0. The number of fused-ring (bicyclic) bond motifs is 1. The van der Waals surface area contributed by atoms with Crippen molar-refractivity contribution in [2.75, 3.05) is 11.1 Å². The van der Waals surface area contributed by atoms with E-state index in [2.05, 4.69) is 15.4 Å². The van der Waals surface area contributed by atoms with Crippen LogP contribution in [0, 0.1) is 5.82 Å². The number of halogens is 1. The first kappa shape index (κ1) is 13.1. The minimum absolute atomic E-state index is 0.242. The van der Waals surface area contributed by atoms with E-state index in [0.29, 0.717) is 18.3 Å². The Bertz CT molecular complexity index is 838. The van der Waals surface area contributed by atoms with Gasteiger partial charge in [-0.25, -0.2) is 9.37 Å². The van der Waals surface area contributed by atoms with Crippen LogP contribution in [0.4, 0.5) is 16.0 Å². The molecule has 0 spiro atoms. The molecule has 2 aromatic heterocycles. The van der Waals surface area contributed by atoms with Gasteiger partial charge in [0.25, 0.3) is 0 Å². The average Bonchev–Trinajstić information content (AvgIpc) is 3.25. The summed E-state index contributed by atoms with van der Waals surface area (Å²) in [6.07, 6.45) is 4.24. The van der Waals surface area contributed by atoms with Crippen LogP contribution < -0.4 is 11.1 Å². The molecule has 4 rings (SSSR count). The fourth-order valence-electron chi connectivity index (χ4n) is 2.65. The molecule has 112 valence electrons. The SMILES string of the molecule is Nc1cc(NCc2cccc(F)c2)n2ncc(C3CC3)c2n1. The van der Waals surface area contributed by atoms with Crippen LogP contribution in [0.2, 0.25) is 0 Å². The third-order valence-electron chi connectivity index (χ3n) is 3.90. The first-order valence-electron chi connectivity index (χ1n) is 7.33. The van der Waals surface area contributed by atoms with E-state index in [0.717, 1.165) is 22.6 Å². The molecule has 0 atom stereocenters. The molecule has 3 N–H and O–H groups in total. The van der Waals surface area contributed by atoms with Crippen LogP contribution in [0.1, 0.15) is 29.9 Å². The van der Waals surface area contributed by atoms with Crippen molar-refractivity contribution in [3.05, 3.63) is 53.5 Å². The largest absolute Gasteiger partial charge is 0.384 e. The highest BCUT2D eigenvalue weighted by molar-refractivity contribution is 5.60. The third-order valence-corrected chi connectivity index (χ3v) is 3.90. The van der Waals surface area contributed by atoms with Crippen LogP contribution >= 0.6 is 0 Å². The molecule has 1 aliphatic rings. The first-order chi connectivity index (χ1) is 10.7. The predicted octanol–water partition coefficient (Wildman–Crippen LogP) is 2.94. The minimum Gasteiger partial charge on any atom is -0.384 e. The fourth-order valence-corrected chi connectivity index (χ4v) is 2.65. The Morgan fingerprint density at radius 3 is 2.95 bits per heavy atom. The van der Waals surface area contributed by atoms with Gasteiger partial charge in [-0.2, -0.15) is 9.61 Å². The summed E-state index contributed by atoms with van der Waals surface area (Å²) < 4.78 is 15.0. The Hall–Kier alpha value is -2.63. The van der Waals surface area contributed by atoms with Crippen molar-refractivity contribution in [3.8, 4) is 0 Å². The van der Waals surface area contributed by atoms with E-state index < -0.39 is 0 Å². The van der Waals surface area contributed by atoms with Crippen LogP contribution in [-0.2, 0) is 6.54 Å². The predicted molar refractivity (Wildman–Crippen MR) is 83.1 cm³/mol. The quantitative estimate of drug-likeness (QED) is 0.777. The Kier molecular flexibility index (Phi) is 2.96. The van der Waals surface area contributed by atoms with Crippen LogP contribution in [0.3, 0.4) is 0 Å². The monoisotopic (exact) mass is 297 g/mol. The lowest BCUT2D eigenvalue weighted by Crippen LogP contribution is -2.07. The van der Waals surface area contributed by atoms with Crippen molar-refractivity contribution < 1.29 is 4.39 Å². The molecule has 0 radical (unpaired) electrons. The Labute approximate surface area is 127 Å². The van der Waals surface area contributed by atoms with Crippen molar-refractivity contribution in [1.82, 2.24) is 14.6 Å². The lowest BCUT2D eigenvalue weighted by atomic mass is 10.2. The second kappa shape index (κ2) is 4.98. The van der Waals surface area contributed by atoms with Gasteiger partial charge in [0, 0.05) is 18.2 Å². The molecular weight excluding hydrogens is 281 g/mol. The summed E-state index contributed by atoms with van der Waals surface area (Å²) in [6.45, 7) is 0.495. The zero-order valence-electron chi connectivity index (χ0n) is 12.0. The first-order valence-corrected chi connectivity index (χ1v) is 7.33. The molecule has 3 aromatic rings. The zero-order chi connectivity index (χ0) is 15.1. The maximum atomic E-state index is 13.2. The maximum absolute atomic E-state index is 13.2. The second-order valence-corrected chi connectivity index (χ2v) is 5.66.